The first kappa shape index (κ1) is 17.6. The molecule has 1 aliphatic rings. The van der Waals surface area contributed by atoms with Crippen LogP contribution in [-0.2, 0) is 6.54 Å². The quantitative estimate of drug-likeness (QED) is 0.896. The number of rotatable bonds is 4. The Kier molecular flexibility index (Phi) is 5.52. The van der Waals surface area contributed by atoms with Gasteiger partial charge in [-0.25, -0.2) is 4.79 Å². The first-order chi connectivity index (χ1) is 10.8. The van der Waals surface area contributed by atoms with Crippen LogP contribution in [0.25, 0.3) is 0 Å². The van der Waals surface area contributed by atoms with Crippen molar-refractivity contribution in [2.75, 3.05) is 38.7 Å². The molecule has 5 heteroatoms. The number of urea groups is 1. The molecule has 5 nitrogen and oxygen atoms in total. The van der Waals surface area contributed by atoms with E-state index in [2.05, 4.69) is 42.3 Å². The van der Waals surface area contributed by atoms with Gasteiger partial charge in [-0.3, -0.25) is 0 Å². The summed E-state index contributed by atoms with van der Waals surface area (Å²) in [6, 6.07) is 6.26. The maximum Gasteiger partial charge on any atom is 0.317 e. The third-order valence-electron chi connectivity index (χ3n) is 4.79. The third-order valence-corrected chi connectivity index (χ3v) is 4.79. The maximum atomic E-state index is 12.4. The number of hydrogen-bond donors (Lipinski definition) is 2. The fraction of sp³-hybridized carbons (Fsp3) is 0.611. The Labute approximate surface area is 139 Å². The summed E-state index contributed by atoms with van der Waals surface area (Å²) in [6.45, 7) is 6.28. The molecule has 2 amide bonds. The molecule has 1 saturated heterocycles. The van der Waals surface area contributed by atoms with E-state index in [1.54, 1.807) is 0 Å². The number of nitrogens with zero attached hydrogens (tertiary/aromatic N) is 2. The molecule has 1 fully saturated rings. The molecule has 0 saturated carbocycles. The number of carbonyl (C=O) groups excluding carboxylic acids is 1. The molecule has 1 heterocycles. The number of likely N-dealkylation sites (tertiary alicyclic amines) is 1. The predicted octanol–water partition coefficient (Wildman–Crippen LogP) is 2.37. The van der Waals surface area contributed by atoms with Crippen LogP contribution in [0.5, 0.6) is 0 Å². The fourth-order valence-electron chi connectivity index (χ4n) is 2.93. The summed E-state index contributed by atoms with van der Waals surface area (Å²) >= 11 is 0. The minimum atomic E-state index is -0.0359. The summed E-state index contributed by atoms with van der Waals surface area (Å²) in [5.41, 5.74) is 3.43. The van der Waals surface area contributed by atoms with Crippen molar-refractivity contribution in [3.8, 4) is 0 Å². The largest absolute Gasteiger partial charge is 0.396 e. The van der Waals surface area contributed by atoms with Crippen LogP contribution < -0.4 is 10.2 Å². The molecule has 0 aromatic heterocycles. The number of nitrogens with one attached hydrogen (secondary N) is 1. The lowest BCUT2D eigenvalue weighted by molar-refractivity contribution is 0.0700. The number of hydrogen-bond acceptors (Lipinski definition) is 3. The standard InChI is InChI=1S/C18H29N3O2/c1-14-5-6-15(16(11-14)20(3)4)12-19-17(23)21-9-7-18(2,13-22)8-10-21/h5-6,11,22H,7-10,12-13H2,1-4H3,(H,19,23). The Balaban J connectivity index is 1.93. The summed E-state index contributed by atoms with van der Waals surface area (Å²) in [5, 5.41) is 12.4. The van der Waals surface area contributed by atoms with E-state index in [9.17, 15) is 9.90 Å². The number of aliphatic hydroxyl groups is 1. The van der Waals surface area contributed by atoms with Crippen molar-refractivity contribution < 1.29 is 9.90 Å². The van der Waals surface area contributed by atoms with Gasteiger partial charge in [-0.2, -0.15) is 0 Å². The molecule has 23 heavy (non-hydrogen) atoms. The van der Waals surface area contributed by atoms with Crippen LogP contribution in [0.2, 0.25) is 0 Å². The van der Waals surface area contributed by atoms with Crippen LogP contribution in [-0.4, -0.2) is 49.8 Å². The average molecular weight is 319 g/mol. The molecule has 128 valence electrons. The summed E-state index contributed by atoms with van der Waals surface area (Å²) < 4.78 is 0. The summed E-state index contributed by atoms with van der Waals surface area (Å²) in [5.74, 6) is 0. The van der Waals surface area contributed by atoms with Crippen molar-refractivity contribution in [2.45, 2.75) is 33.2 Å². The second-order valence-electron chi connectivity index (χ2n) is 7.14. The van der Waals surface area contributed by atoms with E-state index in [0.29, 0.717) is 19.6 Å². The van der Waals surface area contributed by atoms with E-state index >= 15 is 0 Å². The van der Waals surface area contributed by atoms with Gasteiger partial charge in [-0.1, -0.05) is 19.1 Å². The van der Waals surface area contributed by atoms with Crippen LogP contribution in [0.1, 0.15) is 30.9 Å². The molecule has 0 spiro atoms. The molecule has 0 aliphatic carbocycles. The Morgan fingerprint density at radius 3 is 2.57 bits per heavy atom. The van der Waals surface area contributed by atoms with Gasteiger partial charge in [-0.15, -0.1) is 0 Å². The number of amides is 2. The zero-order chi connectivity index (χ0) is 17.0. The summed E-state index contributed by atoms with van der Waals surface area (Å²) in [4.78, 5) is 16.3. The molecule has 0 bridgehead atoms. The van der Waals surface area contributed by atoms with Crippen LogP contribution in [0.3, 0.4) is 0 Å². The number of piperidine rings is 1. The van der Waals surface area contributed by atoms with Crippen molar-refractivity contribution in [2.24, 2.45) is 5.41 Å². The molecule has 1 aromatic rings. The molecule has 0 radical (unpaired) electrons. The van der Waals surface area contributed by atoms with Crippen molar-refractivity contribution in [3.63, 3.8) is 0 Å². The third kappa shape index (κ3) is 4.38. The molecular formula is C18H29N3O2. The van der Waals surface area contributed by atoms with Gasteiger partial charge in [0.05, 0.1) is 0 Å². The minimum Gasteiger partial charge on any atom is -0.396 e. The normalized spacial score (nSPS) is 17.0. The number of benzene rings is 1. The Morgan fingerprint density at radius 1 is 1.35 bits per heavy atom. The molecule has 1 aromatic carbocycles. The van der Waals surface area contributed by atoms with Gasteiger partial charge in [0, 0.05) is 46.0 Å². The van der Waals surface area contributed by atoms with E-state index in [1.807, 2.05) is 19.0 Å². The van der Waals surface area contributed by atoms with Crippen molar-refractivity contribution >= 4 is 11.7 Å². The molecule has 0 unspecified atom stereocenters. The van der Waals surface area contributed by atoms with Crippen molar-refractivity contribution in [1.82, 2.24) is 10.2 Å². The van der Waals surface area contributed by atoms with Crippen LogP contribution in [0.15, 0.2) is 18.2 Å². The molecular weight excluding hydrogens is 290 g/mol. The molecule has 1 aliphatic heterocycles. The zero-order valence-corrected chi connectivity index (χ0v) is 14.7. The van der Waals surface area contributed by atoms with Gasteiger partial charge in [-0.05, 0) is 42.4 Å². The van der Waals surface area contributed by atoms with E-state index in [1.165, 1.54) is 5.56 Å². The monoisotopic (exact) mass is 319 g/mol. The van der Waals surface area contributed by atoms with E-state index in [0.717, 1.165) is 24.1 Å². The lowest BCUT2D eigenvalue weighted by atomic mass is 9.81. The Bertz CT molecular complexity index is 549. The highest BCUT2D eigenvalue weighted by Gasteiger charge is 2.31. The lowest BCUT2D eigenvalue weighted by Gasteiger charge is -2.38. The predicted molar refractivity (Wildman–Crippen MR) is 93.7 cm³/mol. The van der Waals surface area contributed by atoms with Crippen LogP contribution in [0, 0.1) is 12.3 Å². The summed E-state index contributed by atoms with van der Waals surface area (Å²) in [7, 11) is 4.03. The van der Waals surface area contributed by atoms with Gasteiger partial charge >= 0.3 is 6.03 Å². The number of anilines is 1. The van der Waals surface area contributed by atoms with E-state index < -0.39 is 0 Å². The van der Waals surface area contributed by atoms with Crippen molar-refractivity contribution in [1.29, 1.82) is 0 Å². The SMILES string of the molecule is Cc1ccc(CNC(=O)N2CCC(C)(CO)CC2)c(N(C)C)c1. The Hall–Kier alpha value is -1.75. The second-order valence-corrected chi connectivity index (χ2v) is 7.14. The van der Waals surface area contributed by atoms with Gasteiger partial charge in [0.2, 0.25) is 0 Å². The zero-order valence-electron chi connectivity index (χ0n) is 14.7. The first-order valence-electron chi connectivity index (χ1n) is 8.25. The van der Waals surface area contributed by atoms with Gasteiger partial charge in [0.15, 0.2) is 0 Å². The fourth-order valence-corrected chi connectivity index (χ4v) is 2.93. The highest BCUT2D eigenvalue weighted by Crippen LogP contribution is 2.30. The highest BCUT2D eigenvalue weighted by atomic mass is 16.3. The minimum absolute atomic E-state index is 0.0183. The van der Waals surface area contributed by atoms with Crippen molar-refractivity contribution in [3.05, 3.63) is 29.3 Å². The van der Waals surface area contributed by atoms with Crippen LogP contribution in [0.4, 0.5) is 10.5 Å². The second kappa shape index (κ2) is 7.21. The van der Waals surface area contributed by atoms with Gasteiger partial charge in [0.1, 0.15) is 0 Å². The smallest absolute Gasteiger partial charge is 0.317 e. The molecule has 0 atom stereocenters. The number of aryl methyl sites for hydroxylation is 1. The summed E-state index contributed by atoms with van der Waals surface area (Å²) in [6.07, 6.45) is 1.70. The van der Waals surface area contributed by atoms with E-state index in [-0.39, 0.29) is 18.1 Å². The number of aliphatic hydroxyl groups excluding tert-OH is 1. The first-order valence-corrected chi connectivity index (χ1v) is 8.25. The topological polar surface area (TPSA) is 55.8 Å². The van der Waals surface area contributed by atoms with Gasteiger partial charge in [0.25, 0.3) is 0 Å². The Morgan fingerprint density at radius 2 is 2.00 bits per heavy atom. The molecule has 2 N–H and O–H groups in total. The van der Waals surface area contributed by atoms with E-state index in [4.69, 9.17) is 0 Å². The highest BCUT2D eigenvalue weighted by molar-refractivity contribution is 5.74. The molecule has 2 rings (SSSR count). The van der Waals surface area contributed by atoms with Crippen LogP contribution >= 0.6 is 0 Å². The number of carbonyl (C=O) groups is 1. The average Bonchev–Trinajstić information content (AvgIpc) is 2.54. The van der Waals surface area contributed by atoms with Gasteiger partial charge < -0.3 is 20.2 Å². The maximum absolute atomic E-state index is 12.4. The lowest BCUT2D eigenvalue weighted by Crippen LogP contribution is -2.47.